The molecule has 1 N–H and O–H groups in total. The van der Waals surface area contributed by atoms with Crippen LogP contribution in [0.15, 0.2) is 47.7 Å². The monoisotopic (exact) mass is 451 g/mol. The zero-order valence-electron chi connectivity index (χ0n) is 19.4. The summed E-state index contributed by atoms with van der Waals surface area (Å²) in [6.07, 6.45) is 1.16. The summed E-state index contributed by atoms with van der Waals surface area (Å²) < 4.78 is 21.9. The van der Waals surface area contributed by atoms with Gasteiger partial charge in [-0.2, -0.15) is 0 Å². The highest BCUT2D eigenvalue weighted by atomic mass is 16.5. The van der Waals surface area contributed by atoms with Gasteiger partial charge in [-0.25, -0.2) is 0 Å². The first-order chi connectivity index (χ1) is 16.0. The average Bonchev–Trinajstić information content (AvgIpc) is 2.82. The Morgan fingerprint density at radius 3 is 2.12 bits per heavy atom. The van der Waals surface area contributed by atoms with Crippen LogP contribution in [-0.2, 0) is 9.59 Å². The van der Waals surface area contributed by atoms with E-state index in [9.17, 15) is 9.59 Å². The highest BCUT2D eigenvalue weighted by molar-refractivity contribution is 6.02. The van der Waals surface area contributed by atoms with Crippen LogP contribution in [0.5, 0.6) is 23.0 Å². The molecule has 2 aromatic rings. The molecule has 1 amide bonds. The second-order valence-corrected chi connectivity index (χ2v) is 8.19. The van der Waals surface area contributed by atoms with Gasteiger partial charge in [0.1, 0.15) is 5.75 Å². The molecule has 1 heterocycles. The molecule has 2 aliphatic rings. The van der Waals surface area contributed by atoms with Crippen LogP contribution in [0.1, 0.15) is 49.1 Å². The molecule has 0 bridgehead atoms. The van der Waals surface area contributed by atoms with E-state index in [2.05, 4.69) is 5.32 Å². The lowest BCUT2D eigenvalue weighted by atomic mass is 9.73. The fraction of sp³-hybridized carbons (Fsp3) is 0.385. The van der Waals surface area contributed by atoms with E-state index >= 15 is 0 Å². The van der Waals surface area contributed by atoms with E-state index in [4.69, 9.17) is 18.9 Å². The van der Waals surface area contributed by atoms with Crippen LogP contribution >= 0.6 is 0 Å². The van der Waals surface area contributed by atoms with E-state index in [0.29, 0.717) is 48.0 Å². The smallest absolute Gasteiger partial charge is 0.225 e. The van der Waals surface area contributed by atoms with E-state index in [1.165, 1.54) is 0 Å². The Kier molecular flexibility index (Phi) is 6.58. The number of nitrogens with one attached hydrogen (secondary N) is 1. The van der Waals surface area contributed by atoms with Gasteiger partial charge < -0.3 is 24.3 Å². The van der Waals surface area contributed by atoms with Crippen molar-refractivity contribution in [1.29, 1.82) is 0 Å². The van der Waals surface area contributed by atoms with Gasteiger partial charge >= 0.3 is 0 Å². The summed E-state index contributed by atoms with van der Waals surface area (Å²) in [6, 6.07) is 11.4. The van der Waals surface area contributed by atoms with Gasteiger partial charge in [0.25, 0.3) is 0 Å². The molecule has 33 heavy (non-hydrogen) atoms. The Morgan fingerprint density at radius 2 is 1.55 bits per heavy atom. The summed E-state index contributed by atoms with van der Waals surface area (Å²) in [5.74, 6) is 1.97. The van der Waals surface area contributed by atoms with E-state index in [1.54, 1.807) is 21.3 Å². The van der Waals surface area contributed by atoms with Crippen LogP contribution in [0.25, 0.3) is 0 Å². The van der Waals surface area contributed by atoms with Crippen molar-refractivity contribution in [3.05, 3.63) is 58.8 Å². The zero-order chi connectivity index (χ0) is 23.5. The second-order valence-electron chi connectivity index (χ2n) is 8.19. The summed E-state index contributed by atoms with van der Waals surface area (Å²) in [7, 11) is 4.69. The first kappa shape index (κ1) is 22.7. The fourth-order valence-electron chi connectivity index (χ4n) is 4.78. The number of rotatable bonds is 7. The summed E-state index contributed by atoms with van der Waals surface area (Å²) in [4.78, 5) is 26.0. The SMILES string of the molecule is CCOc1ccc([C@H]2CC(=O)NC3=C2C(=O)C[C@@H](c2cc(OC)c(OC)c(OC)c2)C3)cc1. The van der Waals surface area contributed by atoms with Crippen molar-refractivity contribution in [2.75, 3.05) is 27.9 Å². The second kappa shape index (κ2) is 9.57. The number of benzene rings is 2. The predicted octanol–water partition coefficient (Wildman–Crippen LogP) is 4.12. The third-order valence-electron chi connectivity index (χ3n) is 6.29. The van der Waals surface area contributed by atoms with Crippen LogP contribution in [-0.4, -0.2) is 39.6 Å². The number of ketones is 1. The van der Waals surface area contributed by atoms with Crippen molar-refractivity contribution in [1.82, 2.24) is 5.32 Å². The summed E-state index contributed by atoms with van der Waals surface area (Å²) in [5, 5.41) is 2.97. The number of ether oxygens (including phenoxy) is 4. The average molecular weight is 452 g/mol. The van der Waals surface area contributed by atoms with Gasteiger partial charge in [-0.05, 0) is 54.7 Å². The van der Waals surface area contributed by atoms with Gasteiger partial charge in [-0.1, -0.05) is 12.1 Å². The molecule has 2 aromatic carbocycles. The molecule has 1 aliphatic heterocycles. The molecule has 2 atom stereocenters. The molecule has 0 fully saturated rings. The minimum atomic E-state index is -0.252. The Morgan fingerprint density at radius 1 is 0.879 bits per heavy atom. The zero-order valence-corrected chi connectivity index (χ0v) is 19.4. The first-order valence-corrected chi connectivity index (χ1v) is 11.1. The molecule has 0 unspecified atom stereocenters. The Labute approximate surface area is 193 Å². The fourth-order valence-corrected chi connectivity index (χ4v) is 4.78. The molecule has 0 saturated carbocycles. The quantitative estimate of drug-likeness (QED) is 0.682. The third kappa shape index (κ3) is 4.40. The van der Waals surface area contributed by atoms with Gasteiger partial charge in [0, 0.05) is 30.0 Å². The number of allylic oxidation sites excluding steroid dienone is 2. The molecule has 7 heteroatoms. The van der Waals surface area contributed by atoms with E-state index in [0.717, 1.165) is 16.9 Å². The van der Waals surface area contributed by atoms with E-state index in [-0.39, 0.29) is 29.9 Å². The van der Waals surface area contributed by atoms with Crippen LogP contribution in [0, 0.1) is 0 Å². The Bertz CT molecular complexity index is 1060. The van der Waals surface area contributed by atoms with Crippen LogP contribution < -0.4 is 24.3 Å². The summed E-state index contributed by atoms with van der Waals surface area (Å²) in [6.45, 7) is 2.52. The summed E-state index contributed by atoms with van der Waals surface area (Å²) in [5.41, 5.74) is 3.27. The van der Waals surface area contributed by atoms with E-state index < -0.39 is 0 Å². The number of amides is 1. The molecule has 4 rings (SSSR count). The number of hydrogen-bond acceptors (Lipinski definition) is 6. The Balaban J connectivity index is 1.68. The summed E-state index contributed by atoms with van der Waals surface area (Å²) >= 11 is 0. The molecule has 1 aliphatic carbocycles. The molecule has 0 aromatic heterocycles. The molecular formula is C26H29NO6. The molecule has 174 valence electrons. The minimum absolute atomic E-state index is 0.0499. The van der Waals surface area contributed by atoms with Gasteiger partial charge in [0.05, 0.1) is 27.9 Å². The van der Waals surface area contributed by atoms with Crippen molar-refractivity contribution in [2.24, 2.45) is 0 Å². The topological polar surface area (TPSA) is 83.1 Å². The van der Waals surface area contributed by atoms with Crippen LogP contribution in [0.3, 0.4) is 0 Å². The van der Waals surface area contributed by atoms with Crippen LogP contribution in [0.2, 0.25) is 0 Å². The maximum atomic E-state index is 13.4. The predicted molar refractivity (Wildman–Crippen MR) is 123 cm³/mol. The van der Waals surface area contributed by atoms with Gasteiger partial charge in [0.15, 0.2) is 17.3 Å². The first-order valence-electron chi connectivity index (χ1n) is 11.1. The highest BCUT2D eigenvalue weighted by Gasteiger charge is 2.38. The number of carbonyl (C=O) groups excluding carboxylic acids is 2. The van der Waals surface area contributed by atoms with Crippen molar-refractivity contribution in [3.8, 4) is 23.0 Å². The highest BCUT2D eigenvalue weighted by Crippen LogP contribution is 2.46. The number of carbonyl (C=O) groups is 2. The number of methoxy groups -OCH3 is 3. The lowest BCUT2D eigenvalue weighted by Crippen LogP contribution is -2.38. The van der Waals surface area contributed by atoms with Gasteiger partial charge in [0.2, 0.25) is 11.7 Å². The standard InChI is InChI=1S/C26H29NO6/c1-5-33-18-8-6-15(7-9-18)19-14-24(29)27-20-10-16(11-21(28)25(19)20)17-12-22(30-2)26(32-4)23(13-17)31-3/h6-9,12-13,16,19H,5,10-11,14H2,1-4H3,(H,27,29)/t16-,19+/m0/s1. The molecule has 7 nitrogen and oxygen atoms in total. The van der Waals surface area contributed by atoms with Crippen molar-refractivity contribution >= 4 is 11.7 Å². The molecule has 0 saturated heterocycles. The normalized spacial score (nSPS) is 20.1. The largest absolute Gasteiger partial charge is 0.494 e. The van der Waals surface area contributed by atoms with Gasteiger partial charge in [-0.15, -0.1) is 0 Å². The van der Waals surface area contributed by atoms with Crippen LogP contribution in [0.4, 0.5) is 0 Å². The lowest BCUT2D eigenvalue weighted by Gasteiger charge is -2.34. The lowest BCUT2D eigenvalue weighted by molar-refractivity contribution is -0.122. The molecular weight excluding hydrogens is 422 g/mol. The number of hydrogen-bond donors (Lipinski definition) is 1. The van der Waals surface area contributed by atoms with Crippen molar-refractivity contribution < 1.29 is 28.5 Å². The minimum Gasteiger partial charge on any atom is -0.494 e. The number of Topliss-reactive ketones (excluding diaryl/α,β-unsaturated/α-hetero) is 1. The van der Waals surface area contributed by atoms with Crippen molar-refractivity contribution in [2.45, 2.75) is 38.0 Å². The third-order valence-corrected chi connectivity index (χ3v) is 6.29. The van der Waals surface area contributed by atoms with Crippen molar-refractivity contribution in [3.63, 3.8) is 0 Å². The van der Waals surface area contributed by atoms with Gasteiger partial charge in [-0.3, -0.25) is 9.59 Å². The maximum absolute atomic E-state index is 13.4. The van der Waals surface area contributed by atoms with E-state index in [1.807, 2.05) is 43.3 Å². The molecule has 0 radical (unpaired) electrons. The maximum Gasteiger partial charge on any atom is 0.225 e. The Hall–Kier alpha value is -3.48. The molecule has 0 spiro atoms.